The van der Waals surface area contributed by atoms with Crippen molar-refractivity contribution in [3.05, 3.63) is 34.1 Å². The first kappa shape index (κ1) is 14.6. The lowest BCUT2D eigenvalue weighted by Gasteiger charge is -2.21. The summed E-state index contributed by atoms with van der Waals surface area (Å²) in [5, 5.41) is 0. The van der Waals surface area contributed by atoms with E-state index in [0.29, 0.717) is 13.1 Å². The molecule has 0 aliphatic carbocycles. The van der Waals surface area contributed by atoms with Crippen LogP contribution < -0.4 is 5.73 Å². The minimum atomic E-state index is -0.147. The Labute approximate surface area is 111 Å². The van der Waals surface area contributed by atoms with E-state index in [1.54, 1.807) is 6.07 Å². The van der Waals surface area contributed by atoms with Gasteiger partial charge in [-0.2, -0.15) is 0 Å². The molecule has 96 valence electrons. The number of nitrogens with zero attached hydrogens (tertiary/aromatic N) is 1. The molecular formula is C13H20BrFN2. The molecule has 4 heteroatoms. The summed E-state index contributed by atoms with van der Waals surface area (Å²) >= 11 is 3.37. The summed E-state index contributed by atoms with van der Waals surface area (Å²) in [7, 11) is 0. The number of unbranched alkanes of at least 4 members (excludes halogenated alkanes) is 1. The maximum atomic E-state index is 13.6. The van der Waals surface area contributed by atoms with Crippen molar-refractivity contribution in [2.24, 2.45) is 5.73 Å². The maximum absolute atomic E-state index is 13.6. The molecule has 2 N–H and O–H groups in total. The third-order valence-corrected chi connectivity index (χ3v) is 3.17. The molecule has 0 saturated carbocycles. The van der Waals surface area contributed by atoms with Gasteiger partial charge < -0.3 is 5.73 Å². The highest BCUT2D eigenvalue weighted by Crippen LogP contribution is 2.17. The molecule has 1 aromatic rings. The van der Waals surface area contributed by atoms with E-state index < -0.39 is 0 Å². The van der Waals surface area contributed by atoms with Crippen molar-refractivity contribution in [1.29, 1.82) is 0 Å². The largest absolute Gasteiger partial charge is 0.329 e. The van der Waals surface area contributed by atoms with Crippen LogP contribution in [0.4, 0.5) is 4.39 Å². The number of nitrogens with two attached hydrogens (primary N) is 1. The zero-order chi connectivity index (χ0) is 12.7. The minimum absolute atomic E-state index is 0.147. The third-order valence-electron chi connectivity index (χ3n) is 2.67. The fourth-order valence-corrected chi connectivity index (χ4v) is 2.15. The Kier molecular flexibility index (Phi) is 6.70. The lowest BCUT2D eigenvalue weighted by molar-refractivity contribution is 0.265. The standard InChI is InChI=1S/C13H20BrFN2/c1-2-3-7-17(8-6-16)10-11-9-12(14)4-5-13(11)15/h4-5,9H,2-3,6-8,10,16H2,1H3. The van der Waals surface area contributed by atoms with Gasteiger partial charge in [0.2, 0.25) is 0 Å². The van der Waals surface area contributed by atoms with E-state index in [-0.39, 0.29) is 5.82 Å². The topological polar surface area (TPSA) is 29.3 Å². The molecule has 0 aliphatic heterocycles. The van der Waals surface area contributed by atoms with Crippen molar-refractivity contribution in [3.8, 4) is 0 Å². The van der Waals surface area contributed by atoms with Gasteiger partial charge in [-0.15, -0.1) is 0 Å². The lowest BCUT2D eigenvalue weighted by Crippen LogP contribution is -2.30. The minimum Gasteiger partial charge on any atom is -0.329 e. The van der Waals surface area contributed by atoms with E-state index in [0.717, 1.165) is 36.0 Å². The predicted octanol–water partition coefficient (Wildman–Crippen LogP) is 3.15. The van der Waals surface area contributed by atoms with Crippen molar-refractivity contribution >= 4 is 15.9 Å². The molecule has 0 atom stereocenters. The average molecular weight is 303 g/mol. The molecule has 0 unspecified atom stereocenters. The number of halogens is 2. The Morgan fingerprint density at radius 1 is 1.35 bits per heavy atom. The van der Waals surface area contributed by atoms with Crippen molar-refractivity contribution in [3.63, 3.8) is 0 Å². The fourth-order valence-electron chi connectivity index (χ4n) is 1.74. The highest BCUT2D eigenvalue weighted by molar-refractivity contribution is 9.10. The van der Waals surface area contributed by atoms with Crippen LogP contribution >= 0.6 is 15.9 Å². The summed E-state index contributed by atoms with van der Waals surface area (Å²) < 4.78 is 14.5. The summed E-state index contributed by atoms with van der Waals surface area (Å²) in [6, 6.07) is 5.06. The van der Waals surface area contributed by atoms with Crippen LogP contribution in [0.25, 0.3) is 0 Å². The Morgan fingerprint density at radius 3 is 2.76 bits per heavy atom. The number of hydrogen-bond acceptors (Lipinski definition) is 2. The quantitative estimate of drug-likeness (QED) is 0.838. The first-order valence-corrected chi connectivity index (χ1v) is 6.83. The second-order valence-corrected chi connectivity index (χ2v) is 5.07. The van der Waals surface area contributed by atoms with Gasteiger partial charge in [-0.3, -0.25) is 4.90 Å². The molecule has 0 radical (unpaired) electrons. The summed E-state index contributed by atoms with van der Waals surface area (Å²) in [6.07, 6.45) is 2.26. The van der Waals surface area contributed by atoms with Crippen molar-refractivity contribution in [2.45, 2.75) is 26.3 Å². The summed E-state index contributed by atoms with van der Waals surface area (Å²) in [5.74, 6) is -0.147. The Morgan fingerprint density at radius 2 is 2.12 bits per heavy atom. The Balaban J connectivity index is 2.67. The van der Waals surface area contributed by atoms with E-state index in [1.165, 1.54) is 6.07 Å². The van der Waals surface area contributed by atoms with E-state index in [1.807, 2.05) is 6.07 Å². The van der Waals surface area contributed by atoms with E-state index in [4.69, 9.17) is 5.73 Å². The molecule has 0 saturated heterocycles. The van der Waals surface area contributed by atoms with Gasteiger partial charge in [0.1, 0.15) is 5.82 Å². The van der Waals surface area contributed by atoms with Crippen molar-refractivity contribution in [1.82, 2.24) is 4.90 Å². The Bertz CT molecular complexity index is 344. The van der Waals surface area contributed by atoms with Gasteiger partial charge in [0.15, 0.2) is 0 Å². The summed E-state index contributed by atoms with van der Waals surface area (Å²) in [4.78, 5) is 2.20. The highest BCUT2D eigenvalue weighted by atomic mass is 79.9. The van der Waals surface area contributed by atoms with Crippen LogP contribution in [-0.4, -0.2) is 24.5 Å². The average Bonchev–Trinajstić information content (AvgIpc) is 2.31. The SMILES string of the molecule is CCCCN(CCN)Cc1cc(Br)ccc1F. The molecule has 0 aliphatic rings. The van der Waals surface area contributed by atoms with Gasteiger partial charge in [0, 0.05) is 29.7 Å². The predicted molar refractivity (Wildman–Crippen MR) is 73.3 cm³/mol. The van der Waals surface area contributed by atoms with Gasteiger partial charge in [0.25, 0.3) is 0 Å². The maximum Gasteiger partial charge on any atom is 0.127 e. The molecule has 0 bridgehead atoms. The van der Waals surface area contributed by atoms with Crippen molar-refractivity contribution in [2.75, 3.05) is 19.6 Å². The smallest absolute Gasteiger partial charge is 0.127 e. The molecule has 17 heavy (non-hydrogen) atoms. The zero-order valence-corrected chi connectivity index (χ0v) is 11.8. The lowest BCUT2D eigenvalue weighted by atomic mass is 10.2. The Hall–Kier alpha value is -0.450. The molecule has 1 rings (SSSR count). The molecule has 1 aromatic carbocycles. The normalized spacial score (nSPS) is 11.1. The molecule has 0 fully saturated rings. The van der Waals surface area contributed by atoms with Gasteiger partial charge in [0.05, 0.1) is 0 Å². The van der Waals surface area contributed by atoms with Crippen LogP contribution in [0.5, 0.6) is 0 Å². The zero-order valence-electron chi connectivity index (χ0n) is 10.3. The monoisotopic (exact) mass is 302 g/mol. The first-order valence-electron chi connectivity index (χ1n) is 6.03. The summed E-state index contributed by atoms with van der Waals surface area (Å²) in [6.45, 7) is 5.17. The van der Waals surface area contributed by atoms with Crippen LogP contribution in [0, 0.1) is 5.82 Å². The third kappa shape index (κ3) is 5.15. The summed E-state index contributed by atoms with van der Waals surface area (Å²) in [5.41, 5.74) is 6.30. The van der Waals surface area contributed by atoms with Gasteiger partial charge in [-0.25, -0.2) is 4.39 Å². The van der Waals surface area contributed by atoms with Crippen molar-refractivity contribution < 1.29 is 4.39 Å². The van der Waals surface area contributed by atoms with Crippen LogP contribution in [0.1, 0.15) is 25.3 Å². The van der Waals surface area contributed by atoms with E-state index in [9.17, 15) is 4.39 Å². The van der Waals surface area contributed by atoms with Crippen LogP contribution in [0.15, 0.2) is 22.7 Å². The molecule has 0 heterocycles. The molecule has 0 amide bonds. The highest BCUT2D eigenvalue weighted by Gasteiger charge is 2.09. The molecular weight excluding hydrogens is 283 g/mol. The fraction of sp³-hybridized carbons (Fsp3) is 0.538. The molecule has 2 nitrogen and oxygen atoms in total. The van der Waals surface area contributed by atoms with E-state index >= 15 is 0 Å². The van der Waals surface area contributed by atoms with Gasteiger partial charge >= 0.3 is 0 Å². The number of benzene rings is 1. The number of rotatable bonds is 7. The first-order chi connectivity index (χ1) is 8.17. The second-order valence-electron chi connectivity index (χ2n) is 4.15. The second kappa shape index (κ2) is 7.80. The van der Waals surface area contributed by atoms with Crippen LogP contribution in [0.2, 0.25) is 0 Å². The number of hydrogen-bond donors (Lipinski definition) is 1. The van der Waals surface area contributed by atoms with Crippen LogP contribution in [0.3, 0.4) is 0 Å². The van der Waals surface area contributed by atoms with E-state index in [2.05, 4.69) is 27.8 Å². The van der Waals surface area contributed by atoms with Crippen LogP contribution in [-0.2, 0) is 6.54 Å². The molecule has 0 spiro atoms. The molecule has 0 aromatic heterocycles. The van der Waals surface area contributed by atoms with Gasteiger partial charge in [-0.05, 0) is 31.2 Å². The van der Waals surface area contributed by atoms with Gasteiger partial charge in [-0.1, -0.05) is 29.3 Å².